The summed E-state index contributed by atoms with van der Waals surface area (Å²) >= 11 is 0. The average Bonchev–Trinajstić information content (AvgIpc) is 2.40. The van der Waals surface area contributed by atoms with Crippen LogP contribution >= 0.6 is 0 Å². The van der Waals surface area contributed by atoms with Gasteiger partial charge in [-0.2, -0.15) is 0 Å². The highest BCUT2D eigenvalue weighted by Crippen LogP contribution is 2.35. The van der Waals surface area contributed by atoms with Crippen LogP contribution in [0.15, 0.2) is 12.1 Å². The number of ether oxygens (including phenoxy) is 2. The Balaban J connectivity index is 3.10. The fourth-order valence-corrected chi connectivity index (χ4v) is 2.24. The number of nitrogens with one attached hydrogen (secondary N) is 1. The maximum atomic E-state index is 5.58. The molecule has 4 heteroatoms. The van der Waals surface area contributed by atoms with Gasteiger partial charge in [0, 0.05) is 17.2 Å². The first-order valence-electron chi connectivity index (χ1n) is 6.28. The Morgan fingerprint density at radius 2 is 2.00 bits per heavy atom. The molecule has 1 aromatic carbocycles. The second kappa shape index (κ2) is 7.24. The molecule has 1 aromatic rings. The minimum absolute atomic E-state index is 0.258. The van der Waals surface area contributed by atoms with Crippen LogP contribution in [0.3, 0.4) is 0 Å². The molecule has 102 valence electrons. The number of rotatable bonds is 7. The summed E-state index contributed by atoms with van der Waals surface area (Å²) in [5.41, 5.74) is 7.77. The van der Waals surface area contributed by atoms with E-state index in [1.807, 2.05) is 20.0 Å². The molecule has 0 bridgehead atoms. The zero-order valence-electron chi connectivity index (χ0n) is 11.7. The third-order valence-electron chi connectivity index (χ3n) is 3.23. The number of hydrogen-bond acceptors (Lipinski definition) is 4. The molecule has 0 aliphatic rings. The van der Waals surface area contributed by atoms with Gasteiger partial charge in [0.15, 0.2) is 0 Å². The summed E-state index contributed by atoms with van der Waals surface area (Å²) < 4.78 is 10.8. The number of benzene rings is 1. The van der Waals surface area contributed by atoms with Crippen LogP contribution < -0.4 is 20.5 Å². The Morgan fingerprint density at radius 3 is 2.50 bits per heavy atom. The zero-order chi connectivity index (χ0) is 13.5. The van der Waals surface area contributed by atoms with Crippen molar-refractivity contribution in [3.05, 3.63) is 23.3 Å². The summed E-state index contributed by atoms with van der Waals surface area (Å²) in [6.45, 7) is 2.71. The van der Waals surface area contributed by atoms with Crippen molar-refractivity contribution in [3.63, 3.8) is 0 Å². The van der Waals surface area contributed by atoms with E-state index in [2.05, 4.69) is 11.4 Å². The monoisotopic (exact) mass is 252 g/mol. The summed E-state index contributed by atoms with van der Waals surface area (Å²) in [6, 6.07) is 4.30. The van der Waals surface area contributed by atoms with Crippen LogP contribution in [0.5, 0.6) is 11.5 Å². The quantitative estimate of drug-likeness (QED) is 0.779. The predicted molar refractivity (Wildman–Crippen MR) is 74.4 cm³/mol. The first-order chi connectivity index (χ1) is 8.69. The summed E-state index contributed by atoms with van der Waals surface area (Å²) in [7, 11) is 5.33. The minimum Gasteiger partial charge on any atom is -0.496 e. The number of hydrogen-bond donors (Lipinski definition) is 2. The van der Waals surface area contributed by atoms with Gasteiger partial charge in [0.25, 0.3) is 0 Å². The fourth-order valence-electron chi connectivity index (χ4n) is 2.24. The lowest BCUT2D eigenvalue weighted by molar-refractivity contribution is 0.378. The SMILES string of the molecule is CNC(CCCN)c1ccc(OC)c(C)c1OC. The van der Waals surface area contributed by atoms with Crippen LogP contribution in [0.25, 0.3) is 0 Å². The first kappa shape index (κ1) is 14.8. The van der Waals surface area contributed by atoms with Gasteiger partial charge in [0.1, 0.15) is 11.5 Å². The van der Waals surface area contributed by atoms with Crippen molar-refractivity contribution in [2.24, 2.45) is 5.73 Å². The molecule has 0 aliphatic heterocycles. The lowest BCUT2D eigenvalue weighted by atomic mass is 9.98. The van der Waals surface area contributed by atoms with E-state index >= 15 is 0 Å². The molecule has 0 fully saturated rings. The molecular formula is C14H24N2O2. The van der Waals surface area contributed by atoms with Crippen molar-refractivity contribution in [3.8, 4) is 11.5 Å². The predicted octanol–water partition coefficient (Wildman–Crippen LogP) is 2.01. The highest BCUT2D eigenvalue weighted by Gasteiger charge is 2.17. The van der Waals surface area contributed by atoms with Crippen molar-refractivity contribution in [2.75, 3.05) is 27.8 Å². The molecule has 4 nitrogen and oxygen atoms in total. The van der Waals surface area contributed by atoms with Gasteiger partial charge >= 0.3 is 0 Å². The molecule has 0 aromatic heterocycles. The van der Waals surface area contributed by atoms with E-state index in [-0.39, 0.29) is 6.04 Å². The number of methoxy groups -OCH3 is 2. The van der Waals surface area contributed by atoms with E-state index in [1.165, 1.54) is 0 Å². The molecule has 0 saturated carbocycles. The lowest BCUT2D eigenvalue weighted by Gasteiger charge is -2.21. The van der Waals surface area contributed by atoms with E-state index < -0.39 is 0 Å². The van der Waals surface area contributed by atoms with Crippen LogP contribution in [-0.4, -0.2) is 27.8 Å². The molecule has 1 atom stereocenters. The topological polar surface area (TPSA) is 56.5 Å². The number of nitrogens with two attached hydrogens (primary N) is 1. The first-order valence-corrected chi connectivity index (χ1v) is 6.28. The zero-order valence-corrected chi connectivity index (χ0v) is 11.7. The van der Waals surface area contributed by atoms with E-state index in [9.17, 15) is 0 Å². The third-order valence-corrected chi connectivity index (χ3v) is 3.23. The van der Waals surface area contributed by atoms with E-state index in [0.717, 1.165) is 35.5 Å². The van der Waals surface area contributed by atoms with Crippen molar-refractivity contribution in [1.29, 1.82) is 0 Å². The molecule has 0 spiro atoms. The second-order valence-corrected chi connectivity index (χ2v) is 4.29. The van der Waals surface area contributed by atoms with Crippen LogP contribution in [-0.2, 0) is 0 Å². The smallest absolute Gasteiger partial charge is 0.130 e. The molecule has 1 unspecified atom stereocenters. The molecule has 3 N–H and O–H groups in total. The van der Waals surface area contributed by atoms with Gasteiger partial charge in [-0.25, -0.2) is 0 Å². The molecular weight excluding hydrogens is 228 g/mol. The van der Waals surface area contributed by atoms with Crippen LogP contribution in [0.2, 0.25) is 0 Å². The van der Waals surface area contributed by atoms with Crippen molar-refractivity contribution in [2.45, 2.75) is 25.8 Å². The Morgan fingerprint density at radius 1 is 1.28 bits per heavy atom. The summed E-state index contributed by atoms with van der Waals surface area (Å²) in [4.78, 5) is 0. The average molecular weight is 252 g/mol. The molecule has 0 aliphatic carbocycles. The van der Waals surface area contributed by atoms with Crippen LogP contribution in [0, 0.1) is 6.92 Å². The van der Waals surface area contributed by atoms with E-state index in [4.69, 9.17) is 15.2 Å². The molecule has 18 heavy (non-hydrogen) atoms. The van der Waals surface area contributed by atoms with Crippen molar-refractivity contribution < 1.29 is 9.47 Å². The third kappa shape index (κ3) is 3.15. The second-order valence-electron chi connectivity index (χ2n) is 4.29. The highest BCUT2D eigenvalue weighted by atomic mass is 16.5. The normalized spacial score (nSPS) is 12.3. The van der Waals surface area contributed by atoms with Crippen LogP contribution in [0.4, 0.5) is 0 Å². The summed E-state index contributed by atoms with van der Waals surface area (Å²) in [6.07, 6.45) is 1.98. The molecule has 0 amide bonds. The Labute approximate surface area is 109 Å². The Bertz CT molecular complexity index is 380. The Hall–Kier alpha value is -1.26. The van der Waals surface area contributed by atoms with Crippen LogP contribution in [0.1, 0.15) is 30.0 Å². The van der Waals surface area contributed by atoms with Crippen molar-refractivity contribution >= 4 is 0 Å². The van der Waals surface area contributed by atoms with Crippen molar-refractivity contribution in [1.82, 2.24) is 5.32 Å². The molecule has 0 saturated heterocycles. The van der Waals surface area contributed by atoms with Gasteiger partial charge in [-0.15, -0.1) is 0 Å². The largest absolute Gasteiger partial charge is 0.496 e. The van der Waals surface area contributed by atoms with Gasteiger partial charge in [-0.05, 0) is 39.4 Å². The molecule has 1 rings (SSSR count). The summed E-state index contributed by atoms with van der Waals surface area (Å²) in [5, 5.41) is 3.32. The molecule has 0 heterocycles. The van der Waals surface area contributed by atoms with Gasteiger partial charge in [0.2, 0.25) is 0 Å². The fraction of sp³-hybridized carbons (Fsp3) is 0.571. The Kier molecular flexibility index (Phi) is 5.95. The van der Waals surface area contributed by atoms with Gasteiger partial charge in [0.05, 0.1) is 14.2 Å². The van der Waals surface area contributed by atoms with Gasteiger partial charge in [-0.1, -0.05) is 6.07 Å². The van der Waals surface area contributed by atoms with Gasteiger partial charge in [-0.3, -0.25) is 0 Å². The highest BCUT2D eigenvalue weighted by molar-refractivity contribution is 5.50. The maximum Gasteiger partial charge on any atom is 0.130 e. The summed E-state index contributed by atoms with van der Waals surface area (Å²) in [5.74, 6) is 1.75. The van der Waals surface area contributed by atoms with Gasteiger partial charge < -0.3 is 20.5 Å². The maximum absolute atomic E-state index is 5.58. The minimum atomic E-state index is 0.258. The van der Waals surface area contributed by atoms with E-state index in [0.29, 0.717) is 6.54 Å². The standard InChI is InChI=1S/C14H24N2O2/c1-10-13(17-3)8-7-11(14(10)18-4)12(16-2)6-5-9-15/h7-8,12,16H,5-6,9,15H2,1-4H3. The molecule has 0 radical (unpaired) electrons. The van der Waals surface area contributed by atoms with E-state index in [1.54, 1.807) is 14.2 Å². The lowest BCUT2D eigenvalue weighted by Crippen LogP contribution is -2.18.